The molecule has 0 radical (unpaired) electrons. The maximum atomic E-state index is 12.9. The van der Waals surface area contributed by atoms with Crippen LogP contribution in [0, 0.1) is 17.8 Å². The Hall–Kier alpha value is -2.80. The topological polar surface area (TPSA) is 46.6 Å². The van der Waals surface area contributed by atoms with E-state index in [-0.39, 0.29) is 17.6 Å². The van der Waals surface area contributed by atoms with Crippen LogP contribution in [-0.2, 0) is 4.79 Å². The molecule has 0 aliphatic carbocycles. The number of benzene rings is 2. The Labute approximate surface area is 147 Å². The number of ketones is 1. The van der Waals surface area contributed by atoms with Gasteiger partial charge in [-0.15, -0.1) is 0 Å². The van der Waals surface area contributed by atoms with E-state index in [1.54, 1.807) is 18.9 Å². The summed E-state index contributed by atoms with van der Waals surface area (Å²) in [4.78, 5) is 26.5. The van der Waals surface area contributed by atoms with Gasteiger partial charge in [0.1, 0.15) is 5.75 Å². The molecule has 0 saturated carbocycles. The number of carbonyl (C=O) groups is 2. The maximum Gasteiger partial charge on any atom is 0.298 e. The Morgan fingerprint density at radius 2 is 1.92 bits per heavy atom. The average molecular weight is 335 g/mol. The van der Waals surface area contributed by atoms with Crippen molar-refractivity contribution in [1.29, 1.82) is 0 Å². The first-order chi connectivity index (χ1) is 12.1. The number of ether oxygens (including phenoxy) is 1. The van der Waals surface area contributed by atoms with Gasteiger partial charge in [-0.25, -0.2) is 0 Å². The summed E-state index contributed by atoms with van der Waals surface area (Å²) in [5.41, 5.74) is 0.693. The number of hydrogen-bond acceptors (Lipinski definition) is 3. The molecule has 4 heteroatoms. The van der Waals surface area contributed by atoms with Crippen LogP contribution in [0.15, 0.2) is 36.4 Å². The summed E-state index contributed by atoms with van der Waals surface area (Å²) in [5, 5.41) is 2.04. The first-order valence-corrected chi connectivity index (χ1v) is 8.46. The molecule has 2 aromatic carbocycles. The molecule has 0 spiro atoms. The number of piperidine rings is 1. The number of likely N-dealkylation sites (tertiary alicyclic amines) is 1. The van der Waals surface area contributed by atoms with Crippen molar-refractivity contribution >= 4 is 22.5 Å². The molecular weight excluding hydrogens is 314 g/mol. The fraction of sp³-hybridized carbons (Fsp3) is 0.333. The first-order valence-electron chi connectivity index (χ1n) is 8.46. The van der Waals surface area contributed by atoms with Crippen LogP contribution in [0.3, 0.4) is 0 Å². The van der Waals surface area contributed by atoms with Gasteiger partial charge >= 0.3 is 0 Å². The molecule has 0 aromatic heterocycles. The second-order valence-electron chi connectivity index (χ2n) is 6.26. The fourth-order valence-corrected chi connectivity index (χ4v) is 3.30. The molecule has 1 aliphatic heterocycles. The second kappa shape index (κ2) is 7.40. The second-order valence-corrected chi connectivity index (χ2v) is 6.26. The van der Waals surface area contributed by atoms with Crippen molar-refractivity contribution in [2.45, 2.75) is 19.8 Å². The van der Waals surface area contributed by atoms with Crippen LogP contribution in [0.25, 0.3) is 10.8 Å². The first kappa shape index (κ1) is 17.0. The Kier molecular flexibility index (Phi) is 5.04. The third kappa shape index (κ3) is 3.66. The highest BCUT2D eigenvalue weighted by Gasteiger charge is 2.28. The van der Waals surface area contributed by atoms with Gasteiger partial charge in [-0.3, -0.25) is 9.59 Å². The number of fused-ring (bicyclic) bond motifs is 1. The number of nitrogens with zero attached hydrogens (tertiary/aromatic N) is 1. The van der Waals surface area contributed by atoms with Crippen molar-refractivity contribution in [2.24, 2.45) is 5.92 Å². The predicted octanol–water partition coefficient (Wildman–Crippen LogP) is 3.29. The molecule has 1 fully saturated rings. The smallest absolute Gasteiger partial charge is 0.298 e. The van der Waals surface area contributed by atoms with Crippen molar-refractivity contribution in [1.82, 2.24) is 4.90 Å². The highest BCUT2D eigenvalue weighted by atomic mass is 16.5. The zero-order valence-electron chi connectivity index (χ0n) is 14.5. The van der Waals surface area contributed by atoms with Gasteiger partial charge in [0.05, 0.1) is 7.11 Å². The number of rotatable bonds is 3. The maximum absolute atomic E-state index is 12.9. The van der Waals surface area contributed by atoms with Gasteiger partial charge in [-0.2, -0.15) is 0 Å². The van der Waals surface area contributed by atoms with Crippen LogP contribution in [0.5, 0.6) is 5.75 Å². The largest absolute Gasteiger partial charge is 0.497 e. The molecule has 1 atom stereocenters. The van der Waals surface area contributed by atoms with Crippen LogP contribution in [0.1, 0.15) is 30.1 Å². The lowest BCUT2D eigenvalue weighted by Gasteiger charge is -2.30. The summed E-state index contributed by atoms with van der Waals surface area (Å²) >= 11 is 0. The van der Waals surface area contributed by atoms with Gasteiger partial charge in [0.2, 0.25) is 0 Å². The van der Waals surface area contributed by atoms with E-state index in [0.717, 1.165) is 29.4 Å². The third-order valence-electron chi connectivity index (χ3n) is 4.64. The summed E-state index contributed by atoms with van der Waals surface area (Å²) in [6.45, 7) is 2.77. The minimum Gasteiger partial charge on any atom is -0.497 e. The molecule has 0 unspecified atom stereocenters. The molecule has 1 amide bonds. The molecule has 25 heavy (non-hydrogen) atoms. The molecule has 0 bridgehead atoms. The summed E-state index contributed by atoms with van der Waals surface area (Å²) in [7, 11) is 1.64. The number of Topliss-reactive ketones (excluding diaryl/α,β-unsaturated/α-hetero) is 1. The van der Waals surface area contributed by atoms with E-state index in [2.05, 4.69) is 11.8 Å². The van der Waals surface area contributed by atoms with Gasteiger partial charge in [0.15, 0.2) is 5.78 Å². The van der Waals surface area contributed by atoms with Crippen LogP contribution in [0.4, 0.5) is 0 Å². The molecule has 2 aromatic rings. The van der Waals surface area contributed by atoms with Crippen molar-refractivity contribution in [3.63, 3.8) is 0 Å². The number of hydrogen-bond donors (Lipinski definition) is 0. The monoisotopic (exact) mass is 335 g/mol. The molecule has 128 valence electrons. The Morgan fingerprint density at radius 1 is 1.16 bits per heavy atom. The van der Waals surface area contributed by atoms with E-state index in [1.165, 1.54) is 0 Å². The molecule has 4 nitrogen and oxygen atoms in total. The Morgan fingerprint density at radius 3 is 2.68 bits per heavy atom. The van der Waals surface area contributed by atoms with Gasteiger partial charge in [-0.1, -0.05) is 24.1 Å². The van der Waals surface area contributed by atoms with Crippen molar-refractivity contribution < 1.29 is 14.3 Å². The van der Waals surface area contributed by atoms with Gasteiger partial charge < -0.3 is 9.64 Å². The predicted molar refractivity (Wildman–Crippen MR) is 97.6 cm³/mol. The minimum atomic E-state index is -0.189. The highest BCUT2D eigenvalue weighted by Crippen LogP contribution is 2.25. The lowest BCUT2D eigenvalue weighted by atomic mass is 9.89. The average Bonchev–Trinajstić information content (AvgIpc) is 2.66. The van der Waals surface area contributed by atoms with E-state index >= 15 is 0 Å². The van der Waals surface area contributed by atoms with E-state index < -0.39 is 0 Å². The van der Waals surface area contributed by atoms with Crippen molar-refractivity contribution in [2.75, 3.05) is 20.2 Å². The Balaban J connectivity index is 1.81. The minimum absolute atomic E-state index is 0.0969. The summed E-state index contributed by atoms with van der Waals surface area (Å²) < 4.78 is 5.23. The zero-order chi connectivity index (χ0) is 17.8. The normalized spacial score (nSPS) is 16.9. The zero-order valence-corrected chi connectivity index (χ0v) is 14.5. The number of carbonyl (C=O) groups excluding carboxylic acids is 2. The fourth-order valence-electron chi connectivity index (χ4n) is 3.30. The standard InChI is InChI=1S/C21H21NO3/c1-3-5-20(23)22-11-4-6-18(14-22)21(24)17-8-7-16-13-19(25-2)10-9-15(16)12-17/h7-10,12-13,18H,4,6,11,14H2,1-2H3/t18-/m0/s1. The molecule has 1 aliphatic rings. The highest BCUT2D eigenvalue weighted by molar-refractivity contribution is 6.02. The molecule has 0 N–H and O–H groups in total. The van der Waals surface area contributed by atoms with Crippen LogP contribution >= 0.6 is 0 Å². The number of methoxy groups -OCH3 is 1. The summed E-state index contributed by atoms with van der Waals surface area (Å²) in [5.74, 6) is 5.74. The Bertz CT molecular complexity index is 876. The van der Waals surface area contributed by atoms with Gasteiger partial charge in [0, 0.05) is 24.6 Å². The van der Waals surface area contributed by atoms with E-state index in [4.69, 9.17) is 4.74 Å². The molecular formula is C21H21NO3. The van der Waals surface area contributed by atoms with Gasteiger partial charge in [-0.05, 0) is 54.7 Å². The van der Waals surface area contributed by atoms with E-state index in [0.29, 0.717) is 18.7 Å². The molecule has 3 rings (SSSR count). The van der Waals surface area contributed by atoms with Crippen molar-refractivity contribution in [3.8, 4) is 17.6 Å². The van der Waals surface area contributed by atoms with Crippen molar-refractivity contribution in [3.05, 3.63) is 42.0 Å². The van der Waals surface area contributed by atoms with Crippen LogP contribution in [-0.4, -0.2) is 36.8 Å². The molecule has 1 heterocycles. The lowest BCUT2D eigenvalue weighted by Crippen LogP contribution is -2.41. The quantitative estimate of drug-likeness (QED) is 0.639. The third-order valence-corrected chi connectivity index (χ3v) is 4.64. The van der Waals surface area contributed by atoms with Crippen LogP contribution in [0.2, 0.25) is 0 Å². The van der Waals surface area contributed by atoms with Gasteiger partial charge in [0.25, 0.3) is 5.91 Å². The number of amides is 1. The van der Waals surface area contributed by atoms with E-state index in [1.807, 2.05) is 36.4 Å². The van der Waals surface area contributed by atoms with E-state index in [9.17, 15) is 9.59 Å². The lowest BCUT2D eigenvalue weighted by molar-refractivity contribution is -0.126. The molecule has 1 saturated heterocycles. The van der Waals surface area contributed by atoms with Crippen LogP contribution < -0.4 is 4.74 Å². The SMILES string of the molecule is CC#CC(=O)N1CCC[C@H](C(=O)c2ccc3cc(OC)ccc3c2)C1. The summed E-state index contributed by atoms with van der Waals surface area (Å²) in [6.07, 6.45) is 1.64. The summed E-state index contributed by atoms with van der Waals surface area (Å²) in [6, 6.07) is 11.5.